The van der Waals surface area contributed by atoms with Crippen molar-refractivity contribution in [1.29, 1.82) is 5.26 Å². The molecule has 1 heterocycles. The molecule has 0 amide bonds. The first-order valence-electron chi connectivity index (χ1n) is 6.08. The van der Waals surface area contributed by atoms with E-state index in [-0.39, 0.29) is 0 Å². The molecule has 1 aromatic rings. The van der Waals surface area contributed by atoms with Crippen LogP contribution in [0, 0.1) is 11.3 Å². The molecule has 1 aliphatic carbocycles. The highest BCUT2D eigenvalue weighted by atomic mass is 32.2. The lowest BCUT2D eigenvalue weighted by Crippen LogP contribution is -2.39. The number of nitriles is 1. The van der Waals surface area contributed by atoms with E-state index in [4.69, 9.17) is 5.26 Å². The molecule has 2 atom stereocenters. The lowest BCUT2D eigenvalue weighted by Gasteiger charge is -2.31. The van der Waals surface area contributed by atoms with Crippen molar-refractivity contribution in [2.45, 2.75) is 43.5 Å². The molecule has 1 fully saturated rings. The molecule has 92 valence electrons. The van der Waals surface area contributed by atoms with Crippen LogP contribution in [-0.2, 0) is 6.54 Å². The summed E-state index contributed by atoms with van der Waals surface area (Å²) in [5.41, 5.74) is 0. The lowest BCUT2D eigenvalue weighted by atomic mass is 9.95. The Labute approximate surface area is 111 Å². The van der Waals surface area contributed by atoms with Crippen LogP contribution in [0.5, 0.6) is 0 Å². The summed E-state index contributed by atoms with van der Waals surface area (Å²) in [5, 5.41) is 13.2. The maximum atomic E-state index is 8.78. The van der Waals surface area contributed by atoms with Crippen LogP contribution in [-0.4, -0.2) is 17.5 Å². The molecule has 0 bridgehead atoms. The second-order valence-corrected chi connectivity index (χ2v) is 6.67. The highest BCUT2D eigenvalue weighted by molar-refractivity contribution is 7.99. The van der Waals surface area contributed by atoms with E-state index in [9.17, 15) is 0 Å². The average molecular weight is 266 g/mol. The molecule has 0 spiro atoms. The Morgan fingerprint density at radius 2 is 2.29 bits per heavy atom. The molecule has 0 aliphatic heterocycles. The first-order valence-corrected chi connectivity index (χ1v) is 8.19. The number of rotatable bonds is 4. The van der Waals surface area contributed by atoms with E-state index < -0.39 is 0 Å². The highest BCUT2D eigenvalue weighted by Crippen LogP contribution is 2.27. The van der Waals surface area contributed by atoms with E-state index >= 15 is 0 Å². The Morgan fingerprint density at radius 3 is 3.00 bits per heavy atom. The van der Waals surface area contributed by atoms with Gasteiger partial charge in [-0.15, -0.1) is 11.3 Å². The van der Waals surface area contributed by atoms with Gasteiger partial charge in [0.25, 0.3) is 0 Å². The van der Waals surface area contributed by atoms with E-state index in [1.54, 1.807) is 11.3 Å². The van der Waals surface area contributed by atoms with Gasteiger partial charge in [-0.05, 0) is 31.2 Å². The van der Waals surface area contributed by atoms with Crippen LogP contribution >= 0.6 is 23.1 Å². The summed E-state index contributed by atoms with van der Waals surface area (Å²) in [6.07, 6.45) is 7.57. The van der Waals surface area contributed by atoms with E-state index in [0.717, 1.165) is 16.7 Å². The van der Waals surface area contributed by atoms with Gasteiger partial charge in [-0.25, -0.2) is 0 Å². The van der Waals surface area contributed by atoms with Crippen LogP contribution in [0.1, 0.15) is 35.4 Å². The van der Waals surface area contributed by atoms with Crippen molar-refractivity contribution in [2.24, 2.45) is 0 Å². The minimum Gasteiger partial charge on any atom is -0.308 e. The number of nitrogens with zero attached hydrogens (tertiary/aromatic N) is 1. The van der Waals surface area contributed by atoms with Gasteiger partial charge >= 0.3 is 0 Å². The van der Waals surface area contributed by atoms with Crippen molar-refractivity contribution < 1.29 is 0 Å². The van der Waals surface area contributed by atoms with Gasteiger partial charge in [-0.2, -0.15) is 17.0 Å². The fraction of sp³-hybridized carbons (Fsp3) is 0.615. The summed E-state index contributed by atoms with van der Waals surface area (Å²) >= 11 is 3.59. The Hall–Kier alpha value is -0.500. The van der Waals surface area contributed by atoms with Crippen molar-refractivity contribution in [1.82, 2.24) is 5.32 Å². The van der Waals surface area contributed by atoms with Crippen LogP contribution < -0.4 is 5.32 Å². The number of nitrogens with one attached hydrogen (secondary N) is 1. The second kappa shape index (κ2) is 6.44. The van der Waals surface area contributed by atoms with Gasteiger partial charge in [-0.1, -0.05) is 12.8 Å². The van der Waals surface area contributed by atoms with Crippen molar-refractivity contribution in [3.05, 3.63) is 21.9 Å². The molecule has 17 heavy (non-hydrogen) atoms. The second-order valence-electron chi connectivity index (χ2n) is 4.42. The minimum atomic E-state index is 0.645. The van der Waals surface area contributed by atoms with Gasteiger partial charge in [0.2, 0.25) is 0 Å². The van der Waals surface area contributed by atoms with Gasteiger partial charge in [0, 0.05) is 22.7 Å². The average Bonchev–Trinajstić information content (AvgIpc) is 2.84. The monoisotopic (exact) mass is 266 g/mol. The number of thioether (sulfide) groups is 1. The largest absolute Gasteiger partial charge is 0.308 e. The third-order valence-electron chi connectivity index (χ3n) is 3.32. The van der Waals surface area contributed by atoms with Crippen LogP contribution in [0.15, 0.2) is 12.1 Å². The fourth-order valence-electron chi connectivity index (χ4n) is 2.38. The first kappa shape index (κ1) is 12.9. The van der Waals surface area contributed by atoms with Crippen LogP contribution in [0.3, 0.4) is 0 Å². The van der Waals surface area contributed by atoms with Crippen molar-refractivity contribution in [3.8, 4) is 6.07 Å². The molecule has 1 aromatic heterocycles. The normalized spacial score (nSPS) is 24.5. The first-order chi connectivity index (χ1) is 8.33. The number of hydrogen-bond donors (Lipinski definition) is 1. The third-order valence-corrected chi connectivity index (χ3v) is 5.48. The molecule has 4 heteroatoms. The van der Waals surface area contributed by atoms with Gasteiger partial charge in [0.15, 0.2) is 0 Å². The molecule has 0 radical (unpaired) electrons. The SMILES string of the molecule is CSC1CCCCC1NCc1ccc(C#N)s1. The molecule has 2 nitrogen and oxygen atoms in total. The van der Waals surface area contributed by atoms with Crippen LogP contribution in [0.2, 0.25) is 0 Å². The molecule has 2 unspecified atom stereocenters. The number of thiophene rings is 1. The highest BCUT2D eigenvalue weighted by Gasteiger charge is 2.23. The van der Waals surface area contributed by atoms with Gasteiger partial charge in [0.1, 0.15) is 10.9 Å². The van der Waals surface area contributed by atoms with Gasteiger partial charge in [-0.3, -0.25) is 0 Å². The molecule has 0 aromatic carbocycles. The zero-order valence-corrected chi connectivity index (χ0v) is 11.7. The Bertz CT molecular complexity index is 394. The molecule has 1 aliphatic rings. The lowest BCUT2D eigenvalue weighted by molar-refractivity contribution is 0.384. The van der Waals surface area contributed by atoms with Crippen molar-refractivity contribution in [2.75, 3.05) is 6.26 Å². The summed E-state index contributed by atoms with van der Waals surface area (Å²) in [7, 11) is 0. The smallest absolute Gasteiger partial charge is 0.110 e. The zero-order valence-electron chi connectivity index (χ0n) is 10.1. The maximum Gasteiger partial charge on any atom is 0.110 e. The van der Waals surface area contributed by atoms with E-state index in [0.29, 0.717) is 6.04 Å². The third kappa shape index (κ3) is 3.48. The van der Waals surface area contributed by atoms with Crippen LogP contribution in [0.4, 0.5) is 0 Å². The summed E-state index contributed by atoms with van der Waals surface area (Å²) in [5.74, 6) is 0. The summed E-state index contributed by atoms with van der Waals surface area (Å²) in [6, 6.07) is 6.81. The van der Waals surface area contributed by atoms with Gasteiger partial charge < -0.3 is 5.32 Å². The molecular formula is C13H18N2S2. The molecule has 2 rings (SSSR count). The maximum absolute atomic E-state index is 8.78. The molecular weight excluding hydrogens is 248 g/mol. The standard InChI is InChI=1S/C13H18N2S2/c1-16-13-5-3-2-4-12(13)15-9-11-7-6-10(8-14)17-11/h6-7,12-13,15H,2-5,9H2,1H3. The fourth-order valence-corrected chi connectivity index (χ4v) is 4.10. The van der Waals surface area contributed by atoms with E-state index in [1.807, 2.05) is 17.8 Å². The van der Waals surface area contributed by atoms with Crippen LogP contribution in [0.25, 0.3) is 0 Å². The molecule has 1 saturated carbocycles. The number of hydrogen-bond acceptors (Lipinski definition) is 4. The van der Waals surface area contributed by atoms with E-state index in [1.165, 1.54) is 30.6 Å². The van der Waals surface area contributed by atoms with E-state index in [2.05, 4.69) is 23.7 Å². The minimum absolute atomic E-state index is 0.645. The predicted molar refractivity (Wildman–Crippen MR) is 75.4 cm³/mol. The Balaban J connectivity index is 1.86. The predicted octanol–water partition coefficient (Wildman–Crippen LogP) is 3.38. The Morgan fingerprint density at radius 1 is 1.47 bits per heavy atom. The quantitative estimate of drug-likeness (QED) is 0.907. The zero-order chi connectivity index (χ0) is 12.1. The van der Waals surface area contributed by atoms with Crippen molar-refractivity contribution in [3.63, 3.8) is 0 Å². The Kier molecular flexibility index (Phi) is 4.90. The molecule has 1 N–H and O–H groups in total. The molecule has 0 saturated heterocycles. The van der Waals surface area contributed by atoms with Gasteiger partial charge in [0.05, 0.1) is 0 Å². The summed E-state index contributed by atoms with van der Waals surface area (Å²) < 4.78 is 0. The summed E-state index contributed by atoms with van der Waals surface area (Å²) in [4.78, 5) is 2.08. The summed E-state index contributed by atoms with van der Waals surface area (Å²) in [6.45, 7) is 0.911. The topological polar surface area (TPSA) is 35.8 Å². The van der Waals surface area contributed by atoms with Crippen molar-refractivity contribution >= 4 is 23.1 Å².